The summed E-state index contributed by atoms with van der Waals surface area (Å²) in [6.07, 6.45) is 2.85. The summed E-state index contributed by atoms with van der Waals surface area (Å²) >= 11 is 1.79. The Kier molecular flexibility index (Phi) is 4.22. The Morgan fingerprint density at radius 1 is 0.857 bits per heavy atom. The molecule has 0 aliphatic rings. The third kappa shape index (κ3) is 3.26. The topological polar surface area (TPSA) is 25.8 Å². The number of benzene rings is 2. The fourth-order valence-corrected chi connectivity index (χ4v) is 2.99. The molecule has 21 heavy (non-hydrogen) atoms. The van der Waals surface area contributed by atoms with E-state index in [0.717, 1.165) is 17.5 Å². The van der Waals surface area contributed by atoms with Gasteiger partial charge in [0.1, 0.15) is 0 Å². The number of nitrogens with zero attached hydrogens (tertiary/aromatic N) is 2. The predicted octanol–water partition coefficient (Wildman–Crippen LogP) is 5.09. The van der Waals surface area contributed by atoms with Gasteiger partial charge in [0.25, 0.3) is 0 Å². The molecular formula is C18H16N2S. The monoisotopic (exact) mass is 292 g/mol. The molecule has 104 valence electrons. The summed E-state index contributed by atoms with van der Waals surface area (Å²) in [6, 6.07) is 20.3. The Labute approximate surface area is 128 Å². The van der Waals surface area contributed by atoms with E-state index in [1.807, 2.05) is 36.5 Å². The standard InChI is InChI=1S/C9H9NS.C9H7N/c1-2-9-10-7-5-3-4-6-8(7)11-9;1-2-6-9-8(4-1)5-3-7-10-9/h3-6H,2H2,1H3;1-7H. The molecule has 0 atom stereocenters. The van der Waals surface area contributed by atoms with E-state index >= 15 is 0 Å². The van der Waals surface area contributed by atoms with Crippen LogP contribution < -0.4 is 0 Å². The number of hydrogen-bond acceptors (Lipinski definition) is 3. The molecule has 0 aliphatic carbocycles. The van der Waals surface area contributed by atoms with E-state index in [-0.39, 0.29) is 0 Å². The van der Waals surface area contributed by atoms with Crippen molar-refractivity contribution < 1.29 is 0 Å². The lowest BCUT2D eigenvalue weighted by Crippen LogP contribution is -1.73. The van der Waals surface area contributed by atoms with E-state index in [9.17, 15) is 0 Å². The van der Waals surface area contributed by atoms with Gasteiger partial charge in [0.05, 0.1) is 20.7 Å². The highest BCUT2D eigenvalue weighted by atomic mass is 32.1. The predicted molar refractivity (Wildman–Crippen MR) is 90.7 cm³/mol. The number of aryl methyl sites for hydroxylation is 1. The lowest BCUT2D eigenvalue weighted by Gasteiger charge is -1.91. The number of fused-ring (bicyclic) bond motifs is 2. The molecule has 0 saturated heterocycles. The van der Waals surface area contributed by atoms with Crippen LogP contribution in [-0.4, -0.2) is 9.97 Å². The molecule has 2 aromatic carbocycles. The van der Waals surface area contributed by atoms with Crippen LogP contribution in [0, 0.1) is 0 Å². The molecule has 0 N–H and O–H groups in total. The maximum absolute atomic E-state index is 4.45. The molecule has 2 heterocycles. The van der Waals surface area contributed by atoms with Crippen molar-refractivity contribution in [2.24, 2.45) is 0 Å². The van der Waals surface area contributed by atoms with Gasteiger partial charge < -0.3 is 0 Å². The molecule has 0 bridgehead atoms. The minimum atomic E-state index is 1.04. The summed E-state index contributed by atoms with van der Waals surface area (Å²) < 4.78 is 1.30. The number of para-hydroxylation sites is 2. The molecule has 2 aromatic heterocycles. The molecule has 2 nitrogen and oxygen atoms in total. The average molecular weight is 292 g/mol. The van der Waals surface area contributed by atoms with Crippen LogP contribution >= 0.6 is 11.3 Å². The van der Waals surface area contributed by atoms with Gasteiger partial charge in [-0.3, -0.25) is 4.98 Å². The second-order valence-corrected chi connectivity index (χ2v) is 5.74. The highest BCUT2D eigenvalue weighted by Crippen LogP contribution is 2.21. The molecule has 0 aliphatic heterocycles. The molecule has 0 fully saturated rings. The van der Waals surface area contributed by atoms with Gasteiger partial charge in [0.15, 0.2) is 0 Å². The van der Waals surface area contributed by atoms with Gasteiger partial charge in [-0.2, -0.15) is 0 Å². The smallest absolute Gasteiger partial charge is 0.0935 e. The molecule has 0 radical (unpaired) electrons. The molecule has 0 saturated carbocycles. The number of thiazole rings is 1. The first-order valence-corrected chi connectivity index (χ1v) is 7.82. The Hall–Kier alpha value is -2.26. The molecule has 3 heteroatoms. The number of rotatable bonds is 1. The van der Waals surface area contributed by atoms with E-state index in [0.29, 0.717) is 0 Å². The van der Waals surface area contributed by atoms with Gasteiger partial charge in [-0.05, 0) is 30.7 Å². The zero-order chi connectivity index (χ0) is 14.5. The van der Waals surface area contributed by atoms with Gasteiger partial charge in [0.2, 0.25) is 0 Å². The third-order valence-electron chi connectivity index (χ3n) is 3.15. The zero-order valence-corrected chi connectivity index (χ0v) is 12.7. The van der Waals surface area contributed by atoms with Crippen LogP contribution in [0.3, 0.4) is 0 Å². The molecular weight excluding hydrogens is 276 g/mol. The quantitative estimate of drug-likeness (QED) is 0.488. The largest absolute Gasteiger partial charge is 0.256 e. The van der Waals surface area contributed by atoms with E-state index in [2.05, 4.69) is 47.2 Å². The van der Waals surface area contributed by atoms with Crippen molar-refractivity contribution in [3.63, 3.8) is 0 Å². The first-order valence-electron chi connectivity index (χ1n) is 7.01. The third-order valence-corrected chi connectivity index (χ3v) is 4.33. The first kappa shape index (κ1) is 13.7. The number of hydrogen-bond donors (Lipinski definition) is 0. The van der Waals surface area contributed by atoms with Crippen molar-refractivity contribution in [3.8, 4) is 0 Å². The fraction of sp³-hybridized carbons (Fsp3) is 0.111. The minimum Gasteiger partial charge on any atom is -0.256 e. The molecule has 0 amide bonds. The average Bonchev–Trinajstić information content (AvgIpc) is 2.99. The zero-order valence-electron chi connectivity index (χ0n) is 11.9. The normalized spacial score (nSPS) is 10.3. The summed E-state index contributed by atoms with van der Waals surface area (Å²) in [6.45, 7) is 2.14. The van der Waals surface area contributed by atoms with Crippen molar-refractivity contribution in [3.05, 3.63) is 71.9 Å². The van der Waals surface area contributed by atoms with Crippen LogP contribution in [0.4, 0.5) is 0 Å². The van der Waals surface area contributed by atoms with Crippen LogP contribution in [0.25, 0.3) is 21.1 Å². The highest BCUT2D eigenvalue weighted by Gasteiger charge is 1.98. The van der Waals surface area contributed by atoms with E-state index in [1.54, 1.807) is 11.3 Å². The van der Waals surface area contributed by atoms with Crippen molar-refractivity contribution >= 4 is 32.5 Å². The summed E-state index contributed by atoms with van der Waals surface area (Å²) in [4.78, 5) is 8.63. The van der Waals surface area contributed by atoms with Crippen LogP contribution in [0.2, 0.25) is 0 Å². The van der Waals surface area contributed by atoms with Gasteiger partial charge in [-0.15, -0.1) is 11.3 Å². The van der Waals surface area contributed by atoms with Crippen molar-refractivity contribution in [1.29, 1.82) is 0 Å². The van der Waals surface area contributed by atoms with Crippen molar-refractivity contribution in [1.82, 2.24) is 9.97 Å². The minimum absolute atomic E-state index is 1.04. The van der Waals surface area contributed by atoms with Crippen LogP contribution in [0.15, 0.2) is 66.9 Å². The summed E-state index contributed by atoms with van der Waals surface area (Å²) in [5.74, 6) is 0. The Bertz CT molecular complexity index is 753. The Balaban J connectivity index is 0.000000126. The van der Waals surface area contributed by atoms with Gasteiger partial charge in [-0.1, -0.05) is 43.3 Å². The second-order valence-electron chi connectivity index (χ2n) is 4.62. The van der Waals surface area contributed by atoms with Crippen LogP contribution in [0.1, 0.15) is 11.9 Å². The fourth-order valence-electron chi connectivity index (χ4n) is 2.09. The molecule has 0 spiro atoms. The van der Waals surface area contributed by atoms with Crippen LogP contribution in [0.5, 0.6) is 0 Å². The molecule has 4 rings (SSSR count). The Morgan fingerprint density at radius 3 is 2.33 bits per heavy atom. The van der Waals surface area contributed by atoms with Gasteiger partial charge >= 0.3 is 0 Å². The lowest BCUT2D eigenvalue weighted by atomic mass is 10.2. The van der Waals surface area contributed by atoms with Crippen molar-refractivity contribution in [2.45, 2.75) is 13.3 Å². The van der Waals surface area contributed by atoms with Crippen molar-refractivity contribution in [2.75, 3.05) is 0 Å². The summed E-state index contributed by atoms with van der Waals surface area (Å²) in [7, 11) is 0. The first-order chi connectivity index (χ1) is 10.4. The molecule has 0 unspecified atom stereocenters. The van der Waals surface area contributed by atoms with Gasteiger partial charge in [0, 0.05) is 11.6 Å². The Morgan fingerprint density at radius 2 is 1.57 bits per heavy atom. The maximum Gasteiger partial charge on any atom is 0.0935 e. The number of pyridine rings is 1. The summed E-state index contributed by atoms with van der Waals surface area (Å²) in [5.41, 5.74) is 2.19. The SMILES string of the molecule is CCc1nc2ccccc2s1.c1ccc2ncccc2c1. The molecule has 4 aromatic rings. The van der Waals surface area contributed by atoms with E-state index in [1.165, 1.54) is 15.1 Å². The highest BCUT2D eigenvalue weighted by molar-refractivity contribution is 7.18. The number of aromatic nitrogens is 2. The maximum atomic E-state index is 4.45. The van der Waals surface area contributed by atoms with E-state index < -0.39 is 0 Å². The second kappa shape index (κ2) is 6.46. The van der Waals surface area contributed by atoms with E-state index in [4.69, 9.17) is 0 Å². The lowest BCUT2D eigenvalue weighted by molar-refractivity contribution is 1.11. The van der Waals surface area contributed by atoms with Crippen LogP contribution in [-0.2, 0) is 6.42 Å². The van der Waals surface area contributed by atoms with Gasteiger partial charge in [-0.25, -0.2) is 4.98 Å². The summed E-state index contributed by atoms with van der Waals surface area (Å²) in [5, 5.41) is 2.43.